The van der Waals surface area contributed by atoms with Crippen LogP contribution >= 0.6 is 7.82 Å². The second-order valence-electron chi connectivity index (χ2n) is 15.9. The van der Waals surface area contributed by atoms with Gasteiger partial charge in [0.1, 0.15) is 42.7 Å². The first-order chi connectivity index (χ1) is 28.0. The molecule has 6 unspecified atom stereocenters. The number of ether oxygens (including phenoxy) is 2. The topological polar surface area (TPSA) is 192 Å². The SMILES string of the molecule is CCCCCC/C=C\C/C=C\CCCCCCCC(=O)OC(COCCCCCCCC/C=C\CCCCCCC)COP(=O)(O)OC1C(O)C(O)C(O)C(O)C1O. The van der Waals surface area contributed by atoms with E-state index in [1.54, 1.807) is 0 Å². The lowest BCUT2D eigenvalue weighted by atomic mass is 9.85. The normalized spacial score (nSPS) is 23.0. The highest BCUT2D eigenvalue weighted by Crippen LogP contribution is 2.47. The van der Waals surface area contributed by atoms with E-state index in [0.29, 0.717) is 13.0 Å². The number of esters is 1. The number of hydrogen-bond acceptors (Lipinski definition) is 11. The standard InChI is InChI=1S/C45H83O12P/c1-3-5-7-9-11-13-15-17-19-20-22-24-26-28-30-32-34-39(46)56-38(37-55-58(52,53)57-45-43(50)41(48)40(47)42(49)44(45)51)36-54-35-33-31-29-27-25-23-21-18-16-14-12-10-8-6-4-2/h13,15-16,18-20,38,40-45,47-51H,3-12,14,17,21-37H2,1-2H3,(H,52,53)/b15-13-,18-16-,20-19-. The van der Waals surface area contributed by atoms with Gasteiger partial charge in [-0.2, -0.15) is 0 Å². The van der Waals surface area contributed by atoms with Crippen LogP contribution in [0.3, 0.4) is 0 Å². The molecule has 1 rings (SSSR count). The van der Waals surface area contributed by atoms with Crippen molar-refractivity contribution < 1.29 is 58.3 Å². The van der Waals surface area contributed by atoms with Crippen molar-refractivity contribution in [3.05, 3.63) is 36.5 Å². The summed E-state index contributed by atoms with van der Waals surface area (Å²) in [4.78, 5) is 23.1. The van der Waals surface area contributed by atoms with Crippen molar-refractivity contribution in [2.24, 2.45) is 0 Å². The average Bonchev–Trinajstić information content (AvgIpc) is 3.21. The summed E-state index contributed by atoms with van der Waals surface area (Å²) in [5.41, 5.74) is 0. The van der Waals surface area contributed by atoms with Crippen molar-refractivity contribution in [2.75, 3.05) is 19.8 Å². The molecule has 1 aliphatic carbocycles. The maximum absolute atomic E-state index is 12.8. The van der Waals surface area contributed by atoms with Gasteiger partial charge in [0.2, 0.25) is 0 Å². The van der Waals surface area contributed by atoms with E-state index in [-0.39, 0.29) is 13.0 Å². The van der Waals surface area contributed by atoms with Crippen LogP contribution in [0, 0.1) is 0 Å². The van der Waals surface area contributed by atoms with Gasteiger partial charge >= 0.3 is 13.8 Å². The van der Waals surface area contributed by atoms with E-state index in [1.807, 2.05) is 0 Å². The van der Waals surface area contributed by atoms with Crippen molar-refractivity contribution in [3.8, 4) is 0 Å². The van der Waals surface area contributed by atoms with Crippen LogP contribution in [0.1, 0.15) is 181 Å². The van der Waals surface area contributed by atoms with Gasteiger partial charge in [-0.15, -0.1) is 0 Å². The van der Waals surface area contributed by atoms with Crippen LogP contribution in [0.2, 0.25) is 0 Å². The number of aliphatic hydroxyl groups is 5. The highest BCUT2D eigenvalue weighted by atomic mass is 31.2. The number of carbonyl (C=O) groups excluding carboxylic acids is 1. The predicted molar refractivity (Wildman–Crippen MR) is 230 cm³/mol. The predicted octanol–water partition coefficient (Wildman–Crippen LogP) is 9.09. The molecule has 1 saturated carbocycles. The Kier molecular flexibility index (Phi) is 34.1. The van der Waals surface area contributed by atoms with Crippen molar-refractivity contribution in [1.82, 2.24) is 0 Å². The molecule has 340 valence electrons. The first-order valence-corrected chi connectivity index (χ1v) is 24.3. The van der Waals surface area contributed by atoms with Crippen LogP contribution in [-0.2, 0) is 27.9 Å². The number of allylic oxidation sites excluding steroid dienone is 6. The summed E-state index contributed by atoms with van der Waals surface area (Å²) in [7, 11) is -5.02. The zero-order valence-electron chi connectivity index (χ0n) is 36.1. The Bertz CT molecular complexity index is 1100. The smallest absolute Gasteiger partial charge is 0.457 e. The minimum absolute atomic E-state index is 0.0861. The van der Waals surface area contributed by atoms with E-state index in [9.17, 15) is 39.8 Å². The fourth-order valence-corrected chi connectivity index (χ4v) is 7.76. The van der Waals surface area contributed by atoms with Crippen LogP contribution in [-0.4, -0.2) is 98.9 Å². The summed E-state index contributed by atoms with van der Waals surface area (Å²) in [6, 6.07) is 0. The van der Waals surface area contributed by atoms with Gasteiger partial charge in [0.15, 0.2) is 0 Å². The molecular weight excluding hydrogens is 763 g/mol. The largest absolute Gasteiger partial charge is 0.472 e. The molecule has 58 heavy (non-hydrogen) atoms. The van der Waals surface area contributed by atoms with Crippen molar-refractivity contribution >= 4 is 13.8 Å². The number of hydrogen-bond donors (Lipinski definition) is 6. The molecule has 0 aromatic heterocycles. The third kappa shape index (κ3) is 28.2. The van der Waals surface area contributed by atoms with Gasteiger partial charge in [0.05, 0.1) is 13.2 Å². The molecule has 0 heterocycles. The number of aliphatic hydroxyl groups excluding tert-OH is 5. The fourth-order valence-electron chi connectivity index (χ4n) is 6.79. The number of unbranched alkanes of at least 4 members (excludes halogenated alkanes) is 20. The minimum atomic E-state index is -5.02. The van der Waals surface area contributed by atoms with E-state index in [2.05, 4.69) is 50.3 Å². The van der Waals surface area contributed by atoms with Crippen molar-refractivity contribution in [3.63, 3.8) is 0 Å². The second kappa shape index (κ2) is 36.2. The maximum Gasteiger partial charge on any atom is 0.472 e. The Balaban J connectivity index is 2.42. The molecule has 0 bridgehead atoms. The molecule has 0 spiro atoms. The van der Waals surface area contributed by atoms with Crippen molar-refractivity contribution in [2.45, 2.75) is 224 Å². The third-order valence-electron chi connectivity index (χ3n) is 10.5. The van der Waals surface area contributed by atoms with E-state index in [4.69, 9.17) is 18.5 Å². The Hall–Kier alpha value is -1.44. The summed E-state index contributed by atoms with van der Waals surface area (Å²) in [6.45, 7) is 4.20. The number of rotatable bonds is 38. The maximum atomic E-state index is 12.8. The highest BCUT2D eigenvalue weighted by Gasteiger charge is 2.51. The van der Waals surface area contributed by atoms with Gasteiger partial charge in [0, 0.05) is 13.0 Å². The Morgan fingerprint density at radius 3 is 1.48 bits per heavy atom. The lowest BCUT2D eigenvalue weighted by Gasteiger charge is -2.41. The van der Waals surface area contributed by atoms with Gasteiger partial charge in [-0.25, -0.2) is 4.57 Å². The van der Waals surface area contributed by atoms with Crippen LogP contribution < -0.4 is 0 Å². The van der Waals surface area contributed by atoms with Crippen LogP contribution in [0.15, 0.2) is 36.5 Å². The fraction of sp³-hybridized carbons (Fsp3) is 0.844. The van der Waals surface area contributed by atoms with E-state index in [0.717, 1.165) is 77.0 Å². The summed E-state index contributed by atoms with van der Waals surface area (Å²) in [5, 5.41) is 50.1. The second-order valence-corrected chi connectivity index (χ2v) is 17.3. The molecule has 12 nitrogen and oxygen atoms in total. The first-order valence-electron chi connectivity index (χ1n) is 22.8. The molecule has 6 N–H and O–H groups in total. The third-order valence-corrected chi connectivity index (χ3v) is 11.5. The van der Waals surface area contributed by atoms with E-state index in [1.165, 1.54) is 77.0 Å². The lowest BCUT2D eigenvalue weighted by Crippen LogP contribution is -2.64. The molecule has 6 atom stereocenters. The Labute approximate surface area is 351 Å². The summed E-state index contributed by atoms with van der Waals surface area (Å²) in [6.07, 6.45) is 29.2. The van der Waals surface area contributed by atoms with E-state index < -0.39 is 63.1 Å². The van der Waals surface area contributed by atoms with Crippen LogP contribution in [0.25, 0.3) is 0 Å². The van der Waals surface area contributed by atoms with Gasteiger partial charge in [-0.1, -0.05) is 140 Å². The summed E-state index contributed by atoms with van der Waals surface area (Å²) >= 11 is 0. The molecule has 13 heteroatoms. The quantitative estimate of drug-likeness (QED) is 0.0150. The van der Waals surface area contributed by atoms with Gasteiger partial charge in [0.25, 0.3) is 0 Å². The Morgan fingerprint density at radius 2 is 0.966 bits per heavy atom. The highest BCUT2D eigenvalue weighted by molar-refractivity contribution is 7.47. The Morgan fingerprint density at radius 1 is 0.552 bits per heavy atom. The molecule has 1 aliphatic rings. The molecule has 1 fully saturated rings. The molecule has 0 aromatic carbocycles. The van der Waals surface area contributed by atoms with Crippen LogP contribution in [0.4, 0.5) is 0 Å². The van der Waals surface area contributed by atoms with Gasteiger partial charge in [-0.3, -0.25) is 13.8 Å². The molecule has 0 aliphatic heterocycles. The number of phosphoric ester groups is 1. The van der Waals surface area contributed by atoms with Crippen LogP contribution in [0.5, 0.6) is 0 Å². The van der Waals surface area contributed by atoms with Crippen molar-refractivity contribution in [1.29, 1.82) is 0 Å². The molecule has 0 saturated heterocycles. The zero-order chi connectivity index (χ0) is 42.7. The molecular formula is C45H83O12P. The zero-order valence-corrected chi connectivity index (χ0v) is 37.0. The monoisotopic (exact) mass is 847 g/mol. The molecule has 0 aromatic rings. The molecule has 0 radical (unpaired) electrons. The lowest BCUT2D eigenvalue weighted by molar-refractivity contribution is -0.220. The molecule has 0 amide bonds. The number of phosphoric acid groups is 1. The van der Waals surface area contributed by atoms with Gasteiger partial charge < -0.3 is 39.9 Å². The first kappa shape index (κ1) is 54.6. The van der Waals surface area contributed by atoms with Gasteiger partial charge in [-0.05, 0) is 70.6 Å². The summed E-state index contributed by atoms with van der Waals surface area (Å²) < 4.78 is 34.1. The average molecular weight is 847 g/mol. The minimum Gasteiger partial charge on any atom is -0.457 e. The number of carbonyl (C=O) groups is 1. The van der Waals surface area contributed by atoms with E-state index >= 15 is 0 Å². The summed E-state index contributed by atoms with van der Waals surface area (Å²) in [5.74, 6) is -0.493.